The van der Waals surface area contributed by atoms with E-state index in [2.05, 4.69) is 64.3 Å². The topological polar surface area (TPSA) is 17.8 Å². The van der Waals surface area contributed by atoms with E-state index in [1.807, 2.05) is 12.4 Å². The lowest BCUT2D eigenvalue weighted by Gasteiger charge is -2.11. The van der Waals surface area contributed by atoms with Crippen LogP contribution in [0.3, 0.4) is 0 Å². The van der Waals surface area contributed by atoms with Gasteiger partial charge < -0.3 is 4.57 Å². The van der Waals surface area contributed by atoms with Gasteiger partial charge in [-0.2, -0.15) is 0 Å². The van der Waals surface area contributed by atoms with Crippen LogP contribution in [0.15, 0.2) is 67.1 Å². The van der Waals surface area contributed by atoms with Gasteiger partial charge in [0, 0.05) is 35.9 Å². The predicted molar refractivity (Wildman–Crippen MR) is 75.6 cm³/mol. The number of nitrogens with zero attached hydrogens (tertiary/aromatic N) is 2. The molecule has 0 aliphatic carbocycles. The number of para-hydroxylation sites is 1. The van der Waals surface area contributed by atoms with Crippen molar-refractivity contribution in [2.24, 2.45) is 0 Å². The Morgan fingerprint density at radius 3 is 2.68 bits per heavy atom. The molecule has 1 unspecified atom stereocenters. The quantitative estimate of drug-likeness (QED) is 0.676. The van der Waals surface area contributed by atoms with Crippen LogP contribution < -0.4 is 0 Å². The fraction of sp³-hybridized carbons (Fsp3) is 0.118. The monoisotopic (exact) mass is 246 g/mol. The summed E-state index contributed by atoms with van der Waals surface area (Å²) in [6.45, 7) is 0. The number of pyridine rings is 1. The summed E-state index contributed by atoms with van der Waals surface area (Å²) in [6.07, 6.45) is 6.93. The molecule has 0 amide bonds. The van der Waals surface area contributed by atoms with Crippen molar-refractivity contribution < 1.29 is 0 Å². The molecule has 1 atom stereocenters. The molecule has 3 heterocycles. The highest BCUT2D eigenvalue weighted by atomic mass is 15.0. The van der Waals surface area contributed by atoms with Gasteiger partial charge in [0.1, 0.15) is 0 Å². The van der Waals surface area contributed by atoms with Crippen LogP contribution in [0.4, 0.5) is 0 Å². The summed E-state index contributed by atoms with van der Waals surface area (Å²) in [6, 6.07) is 17.3. The van der Waals surface area contributed by atoms with Crippen LogP contribution in [0.25, 0.3) is 5.69 Å². The largest absolute Gasteiger partial charge is 0.320 e. The maximum absolute atomic E-state index is 4.09. The molecule has 19 heavy (non-hydrogen) atoms. The van der Waals surface area contributed by atoms with E-state index in [0.717, 1.165) is 6.42 Å². The van der Waals surface area contributed by atoms with E-state index in [1.165, 1.54) is 22.5 Å². The molecule has 0 fully saturated rings. The Morgan fingerprint density at radius 1 is 0.947 bits per heavy atom. The highest BCUT2D eigenvalue weighted by Gasteiger charge is 2.27. The van der Waals surface area contributed by atoms with Gasteiger partial charge in [0.2, 0.25) is 0 Å². The Labute approximate surface area is 112 Å². The number of fused-ring (bicyclic) bond motifs is 3. The van der Waals surface area contributed by atoms with Crippen molar-refractivity contribution >= 4 is 0 Å². The van der Waals surface area contributed by atoms with Crippen molar-refractivity contribution in [3.63, 3.8) is 0 Å². The van der Waals surface area contributed by atoms with Crippen LogP contribution in [-0.2, 0) is 6.42 Å². The van der Waals surface area contributed by atoms with Gasteiger partial charge >= 0.3 is 0 Å². The van der Waals surface area contributed by atoms with Crippen LogP contribution in [0.1, 0.15) is 22.7 Å². The minimum atomic E-state index is 0.452. The summed E-state index contributed by atoms with van der Waals surface area (Å²) in [7, 11) is 0. The summed E-state index contributed by atoms with van der Waals surface area (Å²) in [5.74, 6) is 0.452. The third-order valence-corrected chi connectivity index (χ3v) is 3.90. The normalized spacial score (nSPS) is 16.1. The third kappa shape index (κ3) is 1.60. The molecule has 0 radical (unpaired) electrons. The van der Waals surface area contributed by atoms with E-state index >= 15 is 0 Å². The molecule has 0 spiro atoms. The predicted octanol–water partition coefficient (Wildman–Crippen LogP) is 3.56. The van der Waals surface area contributed by atoms with Crippen molar-refractivity contribution in [2.75, 3.05) is 0 Å². The minimum absolute atomic E-state index is 0.452. The molecular weight excluding hydrogens is 232 g/mol. The van der Waals surface area contributed by atoms with E-state index in [9.17, 15) is 0 Å². The number of rotatable bonds is 2. The Balaban J connectivity index is 1.81. The van der Waals surface area contributed by atoms with E-state index in [0.29, 0.717) is 5.92 Å². The zero-order valence-corrected chi connectivity index (χ0v) is 10.5. The molecule has 2 heteroatoms. The fourth-order valence-corrected chi connectivity index (χ4v) is 3.03. The van der Waals surface area contributed by atoms with Crippen molar-refractivity contribution in [1.29, 1.82) is 0 Å². The van der Waals surface area contributed by atoms with Gasteiger partial charge in [0.05, 0.1) is 0 Å². The Kier molecular flexibility index (Phi) is 2.27. The van der Waals surface area contributed by atoms with Crippen LogP contribution in [0.5, 0.6) is 0 Å². The molecule has 0 saturated carbocycles. The summed E-state index contributed by atoms with van der Waals surface area (Å²) in [4.78, 5) is 4.09. The van der Waals surface area contributed by atoms with Gasteiger partial charge in [-0.05, 0) is 47.9 Å². The Bertz CT molecular complexity index is 713. The van der Waals surface area contributed by atoms with Gasteiger partial charge in [-0.25, -0.2) is 0 Å². The molecule has 2 nitrogen and oxygen atoms in total. The molecule has 0 N–H and O–H groups in total. The van der Waals surface area contributed by atoms with E-state index in [-0.39, 0.29) is 0 Å². The third-order valence-electron chi connectivity index (χ3n) is 3.90. The average molecular weight is 246 g/mol. The molecule has 1 aliphatic rings. The lowest BCUT2D eigenvalue weighted by atomic mass is 9.91. The second-order valence-electron chi connectivity index (χ2n) is 4.97. The second-order valence-corrected chi connectivity index (χ2v) is 4.97. The Morgan fingerprint density at radius 2 is 1.79 bits per heavy atom. The lowest BCUT2D eigenvalue weighted by molar-refractivity contribution is 0.802. The standard InChI is InChI=1S/C17H14N2/c1-2-5-16-14(4-1)15(17-6-3-11-19(16)17)12-13-7-9-18-10-8-13/h1-11,15H,12H2. The van der Waals surface area contributed by atoms with Crippen LogP contribution in [-0.4, -0.2) is 9.55 Å². The van der Waals surface area contributed by atoms with Gasteiger partial charge in [0.25, 0.3) is 0 Å². The first-order valence-electron chi connectivity index (χ1n) is 6.59. The minimum Gasteiger partial charge on any atom is -0.320 e. The van der Waals surface area contributed by atoms with Crippen molar-refractivity contribution in [3.8, 4) is 5.69 Å². The van der Waals surface area contributed by atoms with Gasteiger partial charge in [-0.15, -0.1) is 0 Å². The average Bonchev–Trinajstić information content (AvgIpc) is 3.04. The maximum atomic E-state index is 4.09. The zero-order chi connectivity index (χ0) is 12.7. The highest BCUT2D eigenvalue weighted by molar-refractivity contribution is 5.54. The number of hydrogen-bond donors (Lipinski definition) is 0. The molecule has 1 aliphatic heterocycles. The SMILES string of the molecule is c1ccc2c(c1)C(Cc1ccncc1)c1cccn1-2. The summed E-state index contributed by atoms with van der Waals surface area (Å²) in [5.41, 5.74) is 5.47. The lowest BCUT2D eigenvalue weighted by Crippen LogP contribution is -2.01. The van der Waals surface area contributed by atoms with Gasteiger partial charge in [-0.1, -0.05) is 18.2 Å². The first-order chi connectivity index (χ1) is 9.43. The molecule has 0 bridgehead atoms. The van der Waals surface area contributed by atoms with Crippen LogP contribution in [0.2, 0.25) is 0 Å². The van der Waals surface area contributed by atoms with Gasteiger partial charge in [-0.3, -0.25) is 4.98 Å². The van der Waals surface area contributed by atoms with Gasteiger partial charge in [0.15, 0.2) is 0 Å². The first kappa shape index (κ1) is 10.6. The van der Waals surface area contributed by atoms with E-state index in [4.69, 9.17) is 0 Å². The number of hydrogen-bond acceptors (Lipinski definition) is 1. The van der Waals surface area contributed by atoms with E-state index < -0.39 is 0 Å². The molecule has 2 aromatic heterocycles. The summed E-state index contributed by atoms with van der Waals surface area (Å²) >= 11 is 0. The molecule has 0 saturated heterocycles. The van der Waals surface area contributed by atoms with Crippen molar-refractivity contribution in [3.05, 3.63) is 83.9 Å². The molecule has 92 valence electrons. The summed E-state index contributed by atoms with van der Waals surface area (Å²) < 4.78 is 2.31. The van der Waals surface area contributed by atoms with Crippen molar-refractivity contribution in [1.82, 2.24) is 9.55 Å². The smallest absolute Gasteiger partial charge is 0.0491 e. The Hall–Kier alpha value is -2.35. The summed E-state index contributed by atoms with van der Waals surface area (Å²) in [5, 5.41) is 0. The fourth-order valence-electron chi connectivity index (χ4n) is 3.03. The van der Waals surface area contributed by atoms with Crippen LogP contribution >= 0.6 is 0 Å². The molecule has 3 aromatic rings. The zero-order valence-electron chi connectivity index (χ0n) is 10.5. The highest BCUT2D eigenvalue weighted by Crippen LogP contribution is 2.39. The van der Waals surface area contributed by atoms with Crippen molar-refractivity contribution in [2.45, 2.75) is 12.3 Å². The molecule has 4 rings (SSSR count). The van der Waals surface area contributed by atoms with Crippen LogP contribution in [0, 0.1) is 0 Å². The maximum Gasteiger partial charge on any atom is 0.0491 e. The van der Waals surface area contributed by atoms with E-state index in [1.54, 1.807) is 0 Å². The molecule has 1 aromatic carbocycles. The second kappa shape index (κ2) is 4.09. The first-order valence-corrected chi connectivity index (χ1v) is 6.59. The number of benzene rings is 1. The number of aromatic nitrogens is 2. The molecular formula is C17H14N2.